The van der Waals surface area contributed by atoms with Crippen LogP contribution >= 0.6 is 15.9 Å². The number of benzene rings is 1. The van der Waals surface area contributed by atoms with Crippen LogP contribution in [0, 0.1) is 5.82 Å². The van der Waals surface area contributed by atoms with Gasteiger partial charge in [-0.3, -0.25) is 4.79 Å². The normalized spacial score (nSPS) is 10.2. The summed E-state index contributed by atoms with van der Waals surface area (Å²) >= 11 is 3.27. The number of hydrogen-bond donors (Lipinski definition) is 2. The van der Waals surface area contributed by atoms with Crippen molar-refractivity contribution in [3.05, 3.63) is 56.8 Å². The molecular formula is C11H9BrFN3O. The van der Waals surface area contributed by atoms with Gasteiger partial charge in [0.15, 0.2) is 0 Å². The molecule has 6 heteroatoms. The standard InChI is InChI=1S/C11H9BrFN3O/c12-8-1-2-9(13)7(3-8)5-14-10-4-11(17)16-6-15-10/h1-4,6H,5H2,(H2,14,15,16,17). The van der Waals surface area contributed by atoms with E-state index < -0.39 is 0 Å². The molecule has 2 aromatic rings. The molecule has 4 nitrogen and oxygen atoms in total. The molecule has 1 aromatic carbocycles. The summed E-state index contributed by atoms with van der Waals surface area (Å²) in [5.41, 5.74) is 0.249. The molecule has 0 aliphatic heterocycles. The van der Waals surface area contributed by atoms with Crippen LogP contribution in [0.3, 0.4) is 0 Å². The lowest BCUT2D eigenvalue weighted by atomic mass is 10.2. The van der Waals surface area contributed by atoms with Crippen LogP contribution < -0.4 is 10.9 Å². The first-order valence-electron chi connectivity index (χ1n) is 4.88. The zero-order valence-electron chi connectivity index (χ0n) is 8.71. The van der Waals surface area contributed by atoms with Crippen molar-refractivity contribution in [1.29, 1.82) is 0 Å². The van der Waals surface area contributed by atoms with E-state index in [9.17, 15) is 9.18 Å². The van der Waals surface area contributed by atoms with Gasteiger partial charge in [-0.15, -0.1) is 0 Å². The van der Waals surface area contributed by atoms with Crippen LogP contribution in [-0.2, 0) is 6.54 Å². The number of aromatic amines is 1. The molecular weight excluding hydrogens is 289 g/mol. The van der Waals surface area contributed by atoms with Gasteiger partial charge in [-0.05, 0) is 18.2 Å². The molecule has 1 heterocycles. The Labute approximate surface area is 105 Å². The minimum atomic E-state index is -0.300. The maximum Gasteiger partial charge on any atom is 0.252 e. The van der Waals surface area contributed by atoms with E-state index in [0.717, 1.165) is 4.47 Å². The van der Waals surface area contributed by atoms with Gasteiger partial charge in [-0.25, -0.2) is 9.37 Å². The Kier molecular flexibility index (Phi) is 3.53. The molecule has 0 bridgehead atoms. The summed E-state index contributed by atoms with van der Waals surface area (Å²) in [4.78, 5) is 17.3. The second kappa shape index (κ2) is 5.09. The Balaban J connectivity index is 2.12. The molecule has 0 aliphatic carbocycles. The summed E-state index contributed by atoms with van der Waals surface area (Å²) in [6.07, 6.45) is 1.29. The van der Waals surface area contributed by atoms with Crippen molar-refractivity contribution in [2.24, 2.45) is 0 Å². The summed E-state index contributed by atoms with van der Waals surface area (Å²) in [7, 11) is 0. The van der Waals surface area contributed by atoms with E-state index in [0.29, 0.717) is 11.4 Å². The number of hydrogen-bond acceptors (Lipinski definition) is 3. The second-order valence-corrected chi connectivity index (χ2v) is 4.30. The fraction of sp³-hybridized carbons (Fsp3) is 0.0909. The van der Waals surface area contributed by atoms with Crippen molar-refractivity contribution in [3.8, 4) is 0 Å². The van der Waals surface area contributed by atoms with E-state index in [-0.39, 0.29) is 17.9 Å². The number of nitrogens with zero attached hydrogens (tertiary/aromatic N) is 1. The van der Waals surface area contributed by atoms with Gasteiger partial charge < -0.3 is 10.3 Å². The first-order valence-corrected chi connectivity index (χ1v) is 5.67. The van der Waals surface area contributed by atoms with Crippen molar-refractivity contribution in [2.45, 2.75) is 6.54 Å². The summed E-state index contributed by atoms with van der Waals surface area (Å²) < 4.78 is 14.2. The van der Waals surface area contributed by atoms with Gasteiger partial charge in [0, 0.05) is 22.6 Å². The third-order valence-electron chi connectivity index (χ3n) is 2.15. The Morgan fingerprint density at radius 2 is 2.24 bits per heavy atom. The number of H-pyrrole nitrogens is 1. The van der Waals surface area contributed by atoms with Crippen molar-refractivity contribution < 1.29 is 4.39 Å². The molecule has 17 heavy (non-hydrogen) atoms. The SMILES string of the molecule is O=c1cc(NCc2cc(Br)ccc2F)nc[nH]1. The van der Waals surface area contributed by atoms with Crippen LogP contribution in [0.4, 0.5) is 10.2 Å². The molecule has 0 unspecified atom stereocenters. The zero-order chi connectivity index (χ0) is 12.3. The third kappa shape index (κ3) is 3.13. The first-order chi connectivity index (χ1) is 8.15. The van der Waals surface area contributed by atoms with Crippen molar-refractivity contribution in [2.75, 3.05) is 5.32 Å². The molecule has 2 rings (SSSR count). The maximum absolute atomic E-state index is 13.4. The van der Waals surface area contributed by atoms with E-state index >= 15 is 0 Å². The van der Waals surface area contributed by atoms with Gasteiger partial charge in [0.25, 0.3) is 5.56 Å². The molecule has 0 aliphatic rings. The summed E-state index contributed by atoms with van der Waals surface area (Å²) in [6.45, 7) is 0.266. The fourth-order valence-corrected chi connectivity index (χ4v) is 1.74. The van der Waals surface area contributed by atoms with Crippen LogP contribution in [0.25, 0.3) is 0 Å². The van der Waals surface area contributed by atoms with Gasteiger partial charge >= 0.3 is 0 Å². The lowest BCUT2D eigenvalue weighted by molar-refractivity contribution is 0.612. The van der Waals surface area contributed by atoms with Gasteiger partial charge in [0.05, 0.1) is 6.33 Å². The second-order valence-electron chi connectivity index (χ2n) is 3.39. The lowest BCUT2D eigenvalue weighted by Crippen LogP contribution is -2.09. The number of rotatable bonds is 3. The van der Waals surface area contributed by atoms with E-state index in [2.05, 4.69) is 31.2 Å². The molecule has 0 saturated carbocycles. The predicted molar refractivity (Wildman–Crippen MR) is 66.3 cm³/mol. The average Bonchev–Trinajstić information content (AvgIpc) is 2.30. The summed E-state index contributed by atoms with van der Waals surface area (Å²) in [5.74, 6) is 0.110. The molecule has 0 saturated heterocycles. The highest BCUT2D eigenvalue weighted by atomic mass is 79.9. The number of aromatic nitrogens is 2. The minimum absolute atomic E-state index is 0.253. The van der Waals surface area contributed by atoms with Crippen molar-refractivity contribution >= 4 is 21.7 Å². The van der Waals surface area contributed by atoms with Crippen LogP contribution in [-0.4, -0.2) is 9.97 Å². The minimum Gasteiger partial charge on any atom is -0.366 e. The van der Waals surface area contributed by atoms with Gasteiger partial charge in [0.1, 0.15) is 11.6 Å². The third-order valence-corrected chi connectivity index (χ3v) is 2.64. The predicted octanol–water partition coefficient (Wildman–Crippen LogP) is 2.28. The average molecular weight is 298 g/mol. The number of anilines is 1. The highest BCUT2D eigenvalue weighted by Gasteiger charge is 2.03. The van der Waals surface area contributed by atoms with Gasteiger partial charge in [-0.2, -0.15) is 0 Å². The molecule has 2 N–H and O–H groups in total. The van der Waals surface area contributed by atoms with Gasteiger partial charge in [-0.1, -0.05) is 15.9 Å². The fourth-order valence-electron chi connectivity index (χ4n) is 1.33. The van der Waals surface area contributed by atoms with Crippen molar-refractivity contribution in [3.63, 3.8) is 0 Å². The Morgan fingerprint density at radius 3 is 3.00 bits per heavy atom. The molecule has 0 radical (unpaired) electrons. The topological polar surface area (TPSA) is 57.8 Å². The number of nitrogens with one attached hydrogen (secondary N) is 2. The quantitative estimate of drug-likeness (QED) is 0.914. The first kappa shape index (κ1) is 11.8. The molecule has 0 spiro atoms. The Bertz CT molecular complexity index is 585. The van der Waals surface area contributed by atoms with Crippen LogP contribution in [0.1, 0.15) is 5.56 Å². The van der Waals surface area contributed by atoms with Gasteiger partial charge in [0.2, 0.25) is 0 Å². The van der Waals surface area contributed by atoms with E-state index in [1.54, 1.807) is 12.1 Å². The zero-order valence-corrected chi connectivity index (χ0v) is 10.3. The van der Waals surface area contributed by atoms with Crippen LogP contribution in [0.2, 0.25) is 0 Å². The van der Waals surface area contributed by atoms with Crippen LogP contribution in [0.15, 0.2) is 39.9 Å². The Hall–Kier alpha value is -1.69. The monoisotopic (exact) mass is 297 g/mol. The smallest absolute Gasteiger partial charge is 0.252 e. The molecule has 88 valence electrons. The summed E-state index contributed by atoms with van der Waals surface area (Å²) in [6, 6.07) is 6.00. The summed E-state index contributed by atoms with van der Waals surface area (Å²) in [5, 5.41) is 2.88. The van der Waals surface area contributed by atoms with E-state index in [1.807, 2.05) is 0 Å². The largest absolute Gasteiger partial charge is 0.366 e. The van der Waals surface area contributed by atoms with E-state index in [1.165, 1.54) is 18.5 Å². The molecule has 0 atom stereocenters. The highest BCUT2D eigenvalue weighted by Crippen LogP contribution is 2.16. The number of halogens is 2. The molecule has 0 fully saturated rings. The lowest BCUT2D eigenvalue weighted by Gasteiger charge is -2.06. The Morgan fingerprint density at radius 1 is 1.41 bits per heavy atom. The van der Waals surface area contributed by atoms with Crippen molar-refractivity contribution in [1.82, 2.24) is 9.97 Å². The van der Waals surface area contributed by atoms with E-state index in [4.69, 9.17) is 0 Å². The highest BCUT2D eigenvalue weighted by molar-refractivity contribution is 9.10. The molecule has 0 amide bonds. The van der Waals surface area contributed by atoms with Crippen LogP contribution in [0.5, 0.6) is 0 Å². The maximum atomic E-state index is 13.4. The molecule has 1 aromatic heterocycles.